The number of benzene rings is 2. The molecule has 0 saturated carbocycles. The van der Waals surface area contributed by atoms with Crippen LogP contribution in [0.3, 0.4) is 0 Å². The first kappa shape index (κ1) is 16.3. The number of amides is 2. The molecule has 6 heteroatoms. The summed E-state index contributed by atoms with van der Waals surface area (Å²) in [5, 5.41) is 6.22. The molecule has 2 amide bonds. The fourth-order valence-corrected chi connectivity index (χ4v) is 2.24. The molecule has 2 rings (SSSR count). The lowest BCUT2D eigenvalue weighted by Crippen LogP contribution is -2.27. The zero-order valence-corrected chi connectivity index (χ0v) is 13.1. The van der Waals surface area contributed by atoms with Crippen molar-refractivity contribution in [1.29, 1.82) is 0 Å². The molecule has 0 aliphatic carbocycles. The fourth-order valence-electron chi connectivity index (χ4n) is 1.78. The summed E-state index contributed by atoms with van der Waals surface area (Å²) < 4.78 is 0. The van der Waals surface area contributed by atoms with Gasteiger partial charge in [0, 0.05) is 23.6 Å². The quantitative estimate of drug-likeness (QED) is 0.873. The van der Waals surface area contributed by atoms with Gasteiger partial charge >= 0.3 is 0 Å². The molecule has 0 fully saturated rings. The van der Waals surface area contributed by atoms with Crippen LogP contribution in [0.1, 0.15) is 16.8 Å². The maximum Gasteiger partial charge on any atom is 0.251 e. The number of anilines is 1. The molecule has 2 aromatic rings. The molecule has 0 bridgehead atoms. The molecule has 2 N–H and O–H groups in total. The maximum atomic E-state index is 11.8. The van der Waals surface area contributed by atoms with E-state index < -0.39 is 0 Å². The van der Waals surface area contributed by atoms with Crippen molar-refractivity contribution in [2.45, 2.75) is 6.42 Å². The molecule has 22 heavy (non-hydrogen) atoms. The van der Waals surface area contributed by atoms with Crippen molar-refractivity contribution in [2.24, 2.45) is 0 Å². The van der Waals surface area contributed by atoms with Crippen molar-refractivity contribution in [2.75, 3.05) is 11.9 Å². The lowest BCUT2D eigenvalue weighted by molar-refractivity contribution is -0.116. The lowest BCUT2D eigenvalue weighted by Gasteiger charge is -2.08. The Hall–Kier alpha value is -2.04. The van der Waals surface area contributed by atoms with Crippen molar-refractivity contribution in [3.05, 3.63) is 64.1 Å². The molecule has 0 atom stereocenters. The minimum absolute atomic E-state index is 0.150. The number of rotatable bonds is 5. The number of halogens is 2. The van der Waals surface area contributed by atoms with Crippen LogP contribution in [-0.4, -0.2) is 18.4 Å². The van der Waals surface area contributed by atoms with Gasteiger partial charge in [-0.25, -0.2) is 0 Å². The van der Waals surface area contributed by atoms with Crippen LogP contribution in [0.15, 0.2) is 48.5 Å². The molecule has 2 aromatic carbocycles. The van der Waals surface area contributed by atoms with Crippen molar-refractivity contribution < 1.29 is 9.59 Å². The van der Waals surface area contributed by atoms with Gasteiger partial charge in [0.2, 0.25) is 5.91 Å². The predicted octanol–water partition coefficient (Wildman–Crippen LogP) is 3.75. The molecule has 0 radical (unpaired) electrons. The molecule has 0 aliphatic rings. The molecular weight excluding hydrogens is 323 g/mol. The van der Waals surface area contributed by atoms with E-state index in [0.29, 0.717) is 21.3 Å². The highest BCUT2D eigenvalue weighted by Gasteiger charge is 2.08. The van der Waals surface area contributed by atoms with Gasteiger partial charge in [0.1, 0.15) is 0 Å². The van der Waals surface area contributed by atoms with E-state index in [0.717, 1.165) is 0 Å². The minimum atomic E-state index is -0.238. The molecule has 4 nitrogen and oxygen atoms in total. The van der Waals surface area contributed by atoms with Crippen molar-refractivity contribution in [3.8, 4) is 0 Å². The summed E-state index contributed by atoms with van der Waals surface area (Å²) in [6.07, 6.45) is 0.150. The van der Waals surface area contributed by atoms with Crippen molar-refractivity contribution >= 4 is 40.7 Å². The Kier molecular flexibility index (Phi) is 5.81. The normalized spacial score (nSPS) is 10.1. The van der Waals surface area contributed by atoms with E-state index in [4.69, 9.17) is 23.2 Å². The van der Waals surface area contributed by atoms with Gasteiger partial charge in [-0.3, -0.25) is 9.59 Å². The summed E-state index contributed by atoms with van der Waals surface area (Å²) in [5.74, 6) is -0.449. The van der Waals surface area contributed by atoms with Crippen LogP contribution in [0.5, 0.6) is 0 Å². The highest BCUT2D eigenvalue weighted by Crippen LogP contribution is 2.25. The van der Waals surface area contributed by atoms with Crippen LogP contribution in [0.2, 0.25) is 10.0 Å². The average Bonchev–Trinajstić information content (AvgIpc) is 2.51. The summed E-state index contributed by atoms with van der Waals surface area (Å²) in [6, 6.07) is 13.6. The van der Waals surface area contributed by atoms with Crippen LogP contribution < -0.4 is 10.6 Å². The Morgan fingerprint density at radius 2 is 1.73 bits per heavy atom. The summed E-state index contributed by atoms with van der Waals surface area (Å²) in [7, 11) is 0. The van der Waals surface area contributed by atoms with Gasteiger partial charge in [0.15, 0.2) is 0 Å². The smallest absolute Gasteiger partial charge is 0.251 e. The zero-order valence-electron chi connectivity index (χ0n) is 11.6. The SMILES string of the molecule is O=C(CCNC(=O)c1ccccc1)Nc1ccc(Cl)cc1Cl. The van der Waals surface area contributed by atoms with E-state index >= 15 is 0 Å². The monoisotopic (exact) mass is 336 g/mol. The van der Waals surface area contributed by atoms with Gasteiger partial charge in [0.05, 0.1) is 10.7 Å². The predicted molar refractivity (Wildman–Crippen MR) is 88.5 cm³/mol. The first-order valence-corrected chi connectivity index (χ1v) is 7.40. The van der Waals surface area contributed by atoms with Gasteiger partial charge in [-0.15, -0.1) is 0 Å². The lowest BCUT2D eigenvalue weighted by atomic mass is 10.2. The third-order valence-corrected chi connectivity index (χ3v) is 3.43. The Bertz CT molecular complexity index is 675. The second-order valence-electron chi connectivity index (χ2n) is 4.54. The van der Waals surface area contributed by atoms with E-state index in [9.17, 15) is 9.59 Å². The Morgan fingerprint density at radius 3 is 2.41 bits per heavy atom. The molecule has 0 spiro atoms. The molecule has 114 valence electrons. The summed E-state index contributed by atoms with van der Waals surface area (Å²) in [4.78, 5) is 23.6. The van der Waals surface area contributed by atoms with E-state index in [1.54, 1.807) is 42.5 Å². The second kappa shape index (κ2) is 7.82. The molecule has 0 heterocycles. The van der Waals surface area contributed by atoms with Gasteiger partial charge in [-0.05, 0) is 30.3 Å². The number of carbonyl (C=O) groups excluding carboxylic acids is 2. The Balaban J connectivity index is 1.80. The van der Waals surface area contributed by atoms with Gasteiger partial charge < -0.3 is 10.6 Å². The topological polar surface area (TPSA) is 58.2 Å². The zero-order chi connectivity index (χ0) is 15.9. The van der Waals surface area contributed by atoms with Crippen molar-refractivity contribution in [1.82, 2.24) is 5.32 Å². The standard InChI is InChI=1S/C16H14Cl2N2O2/c17-12-6-7-14(13(18)10-12)20-15(21)8-9-19-16(22)11-4-2-1-3-5-11/h1-7,10H,8-9H2,(H,19,22)(H,20,21). The number of nitrogens with one attached hydrogen (secondary N) is 2. The highest BCUT2D eigenvalue weighted by atomic mass is 35.5. The summed E-state index contributed by atoms with van der Waals surface area (Å²) in [5.41, 5.74) is 1.05. The van der Waals surface area contributed by atoms with Crippen LogP contribution in [0.4, 0.5) is 5.69 Å². The van der Waals surface area contributed by atoms with Crippen LogP contribution >= 0.6 is 23.2 Å². The van der Waals surface area contributed by atoms with Crippen LogP contribution in [-0.2, 0) is 4.79 Å². The number of carbonyl (C=O) groups is 2. The second-order valence-corrected chi connectivity index (χ2v) is 5.39. The maximum absolute atomic E-state index is 11.8. The molecular formula is C16H14Cl2N2O2. The van der Waals surface area contributed by atoms with E-state index in [2.05, 4.69) is 10.6 Å². The van der Waals surface area contributed by atoms with Crippen LogP contribution in [0.25, 0.3) is 0 Å². The summed E-state index contributed by atoms with van der Waals surface area (Å²) in [6.45, 7) is 0.241. The molecule has 0 aromatic heterocycles. The third-order valence-electron chi connectivity index (χ3n) is 2.88. The third kappa shape index (κ3) is 4.76. The first-order chi connectivity index (χ1) is 10.6. The van der Waals surface area contributed by atoms with Gasteiger partial charge in [-0.2, -0.15) is 0 Å². The molecule has 0 aliphatic heterocycles. The first-order valence-electron chi connectivity index (χ1n) is 6.64. The molecule has 0 saturated heterocycles. The summed E-state index contributed by atoms with van der Waals surface area (Å²) >= 11 is 11.8. The van der Waals surface area contributed by atoms with E-state index in [1.165, 1.54) is 0 Å². The van der Waals surface area contributed by atoms with E-state index in [1.807, 2.05) is 6.07 Å². The number of hydrogen-bond acceptors (Lipinski definition) is 2. The minimum Gasteiger partial charge on any atom is -0.352 e. The largest absolute Gasteiger partial charge is 0.352 e. The van der Waals surface area contributed by atoms with Gasteiger partial charge in [-0.1, -0.05) is 41.4 Å². The van der Waals surface area contributed by atoms with Gasteiger partial charge in [0.25, 0.3) is 5.91 Å². The average molecular weight is 337 g/mol. The highest BCUT2D eigenvalue weighted by molar-refractivity contribution is 6.36. The van der Waals surface area contributed by atoms with Crippen LogP contribution in [0, 0.1) is 0 Å². The molecule has 0 unspecified atom stereocenters. The Labute approximate surface area is 138 Å². The number of hydrogen-bond donors (Lipinski definition) is 2. The fraction of sp³-hybridized carbons (Fsp3) is 0.125. The van der Waals surface area contributed by atoms with Crippen molar-refractivity contribution in [3.63, 3.8) is 0 Å². The Morgan fingerprint density at radius 1 is 1.00 bits per heavy atom. The van der Waals surface area contributed by atoms with E-state index in [-0.39, 0.29) is 24.8 Å².